The molecule has 0 fully saturated rings. The molecule has 612 valence electrons. The number of fused-ring (bicyclic) bond motifs is 16. The van der Waals surface area contributed by atoms with Gasteiger partial charge in [0.2, 0.25) is 0 Å². The van der Waals surface area contributed by atoms with Gasteiger partial charge < -0.3 is 19.9 Å². The van der Waals surface area contributed by atoms with Gasteiger partial charge in [-0.1, -0.05) is 236 Å². The van der Waals surface area contributed by atoms with Crippen LogP contribution in [0.5, 0.6) is 0 Å². The average molecular weight is 2010 g/mol. The summed E-state index contributed by atoms with van der Waals surface area (Å²) in [5.41, 5.74) is 39.3. The molecule has 6 aromatic heterocycles. The van der Waals surface area contributed by atoms with E-state index < -0.39 is 0 Å². The second-order valence-corrected chi connectivity index (χ2v) is 38.8. The Balaban J connectivity index is 0.000000179. The van der Waals surface area contributed by atoms with Crippen LogP contribution in [-0.2, 0) is 30.3 Å². The van der Waals surface area contributed by atoms with E-state index in [0.29, 0.717) is 130 Å². The van der Waals surface area contributed by atoms with E-state index in [1.54, 1.807) is 72.8 Å². The molecular weight excluding hydrogens is 1940 g/mol. The van der Waals surface area contributed by atoms with E-state index in [4.69, 9.17) is 171 Å². The monoisotopic (exact) mass is 2010 g/mol. The molecule has 0 unspecified atom stereocenters. The normalized spacial score (nSPS) is 11.9. The number of aromatic nitrogens is 8. The van der Waals surface area contributed by atoms with Crippen LogP contribution in [0.2, 0.25) is 40.2 Å². The molecule has 4 aliphatic rings. The van der Waals surface area contributed by atoms with Gasteiger partial charge in [0.15, 0.2) is 0 Å². The fourth-order valence-corrected chi connectivity index (χ4v) is 19.8. The Morgan fingerprint density at radius 1 is 0.189 bits per heavy atom. The number of halogens is 12. The van der Waals surface area contributed by atoms with Crippen molar-refractivity contribution in [1.82, 2.24) is 39.9 Å². The summed E-state index contributed by atoms with van der Waals surface area (Å²) in [5.74, 6) is 0. The molecule has 0 N–H and O–H groups in total. The van der Waals surface area contributed by atoms with E-state index in [9.17, 15) is 0 Å². The van der Waals surface area contributed by atoms with Crippen LogP contribution in [-0.4, -0.2) is 19.9 Å². The molecule has 8 aromatic carbocycles. The maximum atomic E-state index is 6.93. The minimum absolute atomic E-state index is 0.346. The first-order valence-electron chi connectivity index (χ1n) is 38.5. The van der Waals surface area contributed by atoms with E-state index >= 15 is 0 Å². The molecular formula is C100H72Cl12N8Ru2. The van der Waals surface area contributed by atoms with Gasteiger partial charge in [0, 0.05) is 62.4 Å². The molecule has 0 aliphatic carbocycles. The zero-order valence-corrected chi connectivity index (χ0v) is 80.2. The predicted molar refractivity (Wildman–Crippen MR) is 517 cm³/mol. The Kier molecular flexibility index (Phi) is 27.2. The molecule has 8 nitrogen and oxygen atoms in total. The van der Waals surface area contributed by atoms with Gasteiger partial charge >= 0.3 is 69.1 Å². The third kappa shape index (κ3) is 17.5. The summed E-state index contributed by atoms with van der Waals surface area (Å²) in [6, 6.07) is 55.7. The van der Waals surface area contributed by atoms with Crippen LogP contribution in [0.3, 0.4) is 0 Å². The number of hydrogen-bond donors (Lipinski definition) is 0. The molecule has 0 radical (unpaired) electrons. The average Bonchev–Trinajstić information content (AvgIpc) is 1.60. The van der Waals surface area contributed by atoms with Gasteiger partial charge in [0.25, 0.3) is 0 Å². The number of nitrogens with zero attached hydrogens (tertiary/aromatic N) is 8. The Hall–Kier alpha value is -8.31. The van der Waals surface area contributed by atoms with Crippen LogP contribution in [0.25, 0.3) is 182 Å². The van der Waals surface area contributed by atoms with Crippen molar-refractivity contribution in [3.05, 3.63) is 322 Å². The van der Waals surface area contributed by atoms with E-state index in [1.165, 1.54) is 66.8 Å². The standard InChI is InChI=1S/C56H52N4.C44H20Cl8N4.4ClH.2Ru/c1-29-21-33(5)49(34(6)22-29)53-41-13-15-43(57-41)54(50-35(7)23-30(2)24-36(50)8)45-17-19-47(59-45)56(52-39(11)27-32(4)28-40(52)12)48-20-18-46(60-48)55(44-16-14-42(53)58-44)51-37(9)25-31(3)26-38(51)10;45-21-5-1-6-22(46)37(21)41-29-13-15-31(53-29)42(38-23(47)7-2-8-24(38)48)33-17-19-35(55-33)44(40-27(51)11-4-12-28(40)52)36-20-18-34(56-36)43(32-16-14-30(41)54-32)39-25(49)9-3-10-26(39)50;;;;;;/h13-28H,1-12H3;1-20H;4*1H;;/q2*-2;;;;;2*+4/p-4. The first kappa shape index (κ1) is 88.5. The SMILES string of the molecule is Cc1cc(C)c(-c2c3nc(c(-c4c(C)cc(C)cc4C)c4ccc([n-]4)c(-c4c(C)cc(C)cc4C)c4nc(c(-c5c(C)cc(C)cc5C)c5ccc2[n-]5)C=C4)C=C3)c(C)c1.Clc1cccc(Cl)c1-c1c2nc(c(-c3c(Cl)cccc3Cl)c3ccc([n-]3)c(-c3c(Cl)cccc3Cl)c3nc(c(-c4c(Cl)cccc4Cl)c4ccc1[n-]4)C=C3)C=C2.[Cl][Ru+2][Cl].[Cl][Ru+2][Cl]. The molecule has 22 heteroatoms. The summed E-state index contributed by atoms with van der Waals surface area (Å²) >= 11 is 54.7. The van der Waals surface area contributed by atoms with Crippen molar-refractivity contribution in [3.63, 3.8) is 0 Å². The maximum absolute atomic E-state index is 6.93. The number of rotatable bonds is 8. The Morgan fingerprint density at radius 3 is 0.443 bits per heavy atom. The molecule has 16 bridgehead atoms. The molecule has 0 saturated heterocycles. The van der Waals surface area contributed by atoms with Crippen LogP contribution in [0.15, 0.2) is 170 Å². The molecule has 14 aromatic rings. The first-order chi connectivity index (χ1) is 58.6. The van der Waals surface area contributed by atoms with E-state index in [0.717, 1.165) is 89.4 Å². The van der Waals surface area contributed by atoms with Crippen LogP contribution >= 0.6 is 132 Å². The van der Waals surface area contributed by atoms with Gasteiger partial charge in [0.1, 0.15) is 0 Å². The molecule has 4 aliphatic heterocycles. The van der Waals surface area contributed by atoms with Gasteiger partial charge in [-0.2, -0.15) is 0 Å². The summed E-state index contributed by atoms with van der Waals surface area (Å²) < 4.78 is 0. The third-order valence-corrected chi connectivity index (χ3v) is 24.3. The zero-order valence-electron chi connectivity index (χ0n) is 67.6. The second-order valence-electron chi connectivity index (χ2n) is 30.3. The first-order valence-corrected chi connectivity index (χ1v) is 50.5. The quantitative estimate of drug-likeness (QED) is 0.138. The van der Waals surface area contributed by atoms with E-state index in [-0.39, 0.29) is 30.3 Å². The van der Waals surface area contributed by atoms with Crippen molar-refractivity contribution in [1.29, 1.82) is 0 Å². The third-order valence-electron chi connectivity index (χ3n) is 21.8. The number of aryl methyl sites for hydroxylation is 12. The molecule has 0 amide bonds. The summed E-state index contributed by atoms with van der Waals surface area (Å²) in [4.78, 5) is 43.2. The fraction of sp³-hybridized carbons (Fsp3) is 0.120. The van der Waals surface area contributed by atoms with Crippen LogP contribution in [0, 0.1) is 83.1 Å². The van der Waals surface area contributed by atoms with Crippen LogP contribution in [0.4, 0.5) is 0 Å². The topological polar surface area (TPSA) is 108 Å². The van der Waals surface area contributed by atoms with Gasteiger partial charge in [-0.15, -0.1) is 44.1 Å². The molecule has 122 heavy (non-hydrogen) atoms. The Bertz CT molecular complexity index is 6170. The van der Waals surface area contributed by atoms with Crippen molar-refractivity contribution in [2.45, 2.75) is 83.1 Å². The van der Waals surface area contributed by atoms with E-state index in [1.807, 2.05) is 48.6 Å². The summed E-state index contributed by atoms with van der Waals surface area (Å²) in [6.45, 7) is 26.3. The van der Waals surface area contributed by atoms with Crippen molar-refractivity contribution >= 4 is 224 Å². The molecule has 0 atom stereocenters. The predicted octanol–water partition coefficient (Wildman–Crippen LogP) is 32.8. The Labute approximate surface area is 780 Å². The van der Waals surface area contributed by atoms with Crippen LogP contribution < -0.4 is 19.9 Å². The zero-order chi connectivity index (χ0) is 86.5. The van der Waals surface area contributed by atoms with E-state index in [2.05, 4.69) is 180 Å². The van der Waals surface area contributed by atoms with Gasteiger partial charge in [0.05, 0.1) is 45.6 Å². The number of hydrogen-bond acceptors (Lipinski definition) is 4. The van der Waals surface area contributed by atoms with Gasteiger partial charge in [-0.05, 0) is 291 Å². The summed E-state index contributed by atoms with van der Waals surface area (Å²) in [5, 5.41) is 3.32. The summed E-state index contributed by atoms with van der Waals surface area (Å²) in [7, 11) is 19.4. The van der Waals surface area contributed by atoms with Crippen molar-refractivity contribution < 1.29 is 30.3 Å². The van der Waals surface area contributed by atoms with Crippen molar-refractivity contribution in [2.24, 2.45) is 0 Å². The molecule has 0 spiro atoms. The second kappa shape index (κ2) is 37.5. The molecule has 0 saturated carbocycles. The summed E-state index contributed by atoms with van der Waals surface area (Å²) in [6.07, 6.45) is 16.2. The fourth-order valence-electron chi connectivity index (χ4n) is 17.5. The Morgan fingerprint density at radius 2 is 0.311 bits per heavy atom. The molecule has 10 heterocycles. The van der Waals surface area contributed by atoms with Crippen molar-refractivity contribution in [2.75, 3.05) is 0 Å². The number of benzene rings is 8. The van der Waals surface area contributed by atoms with Gasteiger partial charge in [-0.3, -0.25) is 0 Å². The van der Waals surface area contributed by atoms with Crippen LogP contribution in [0.1, 0.15) is 112 Å². The van der Waals surface area contributed by atoms with Crippen molar-refractivity contribution in [3.8, 4) is 89.0 Å². The minimum atomic E-state index is -0.346. The van der Waals surface area contributed by atoms with Gasteiger partial charge in [-0.25, -0.2) is 19.9 Å². The molecule has 18 rings (SSSR count).